The number of hydrogen-bond donors (Lipinski definition) is 2. The highest BCUT2D eigenvalue weighted by Gasteiger charge is 2.36. The van der Waals surface area contributed by atoms with Crippen LogP contribution in [0.2, 0.25) is 0 Å². The number of nitrogens with two attached hydrogens (primary N) is 1. The first-order valence-corrected chi connectivity index (χ1v) is 8.24. The Morgan fingerprint density at radius 2 is 2.17 bits per heavy atom. The molecule has 1 fully saturated rings. The van der Waals surface area contributed by atoms with Gasteiger partial charge in [0.05, 0.1) is 0 Å². The zero-order valence-electron chi connectivity index (χ0n) is 13.0. The molecule has 0 unspecified atom stereocenters. The first kappa shape index (κ1) is 18.8. The zero-order chi connectivity index (χ0) is 16.3. The van der Waals surface area contributed by atoms with E-state index in [1.54, 1.807) is 12.3 Å². The highest BCUT2D eigenvalue weighted by molar-refractivity contribution is 7.15. The van der Waals surface area contributed by atoms with Crippen LogP contribution in [0.3, 0.4) is 0 Å². The predicted octanol–water partition coefficient (Wildman–Crippen LogP) is 2.74. The quantitative estimate of drug-likeness (QED) is 0.866. The number of ether oxygens (including phenoxy) is 1. The number of anilines is 1. The van der Waals surface area contributed by atoms with Gasteiger partial charge in [0, 0.05) is 30.7 Å². The van der Waals surface area contributed by atoms with E-state index in [4.69, 9.17) is 10.5 Å². The lowest BCUT2D eigenvalue weighted by atomic mass is 9.90. The summed E-state index contributed by atoms with van der Waals surface area (Å²) >= 11 is 1.37. The molecule has 0 radical (unpaired) electrons. The van der Waals surface area contributed by atoms with Crippen LogP contribution in [0.1, 0.15) is 23.3 Å². The molecular formula is C16H19ClFN3O2S. The molecule has 3 N–H and O–H groups in total. The Hall–Kier alpha value is -1.54. The Morgan fingerprint density at radius 1 is 1.42 bits per heavy atom. The van der Waals surface area contributed by atoms with Crippen LogP contribution in [0.4, 0.5) is 9.52 Å². The number of benzene rings is 1. The molecule has 1 aliphatic heterocycles. The molecule has 0 bridgehead atoms. The summed E-state index contributed by atoms with van der Waals surface area (Å²) < 4.78 is 18.4. The summed E-state index contributed by atoms with van der Waals surface area (Å²) in [6.45, 7) is 0.985. The van der Waals surface area contributed by atoms with Crippen LogP contribution < -0.4 is 11.1 Å². The van der Waals surface area contributed by atoms with E-state index in [-0.39, 0.29) is 24.1 Å². The number of nitrogens with one attached hydrogen (secondary N) is 1. The maximum Gasteiger partial charge on any atom is 0.246 e. The van der Waals surface area contributed by atoms with E-state index >= 15 is 0 Å². The fourth-order valence-electron chi connectivity index (χ4n) is 2.48. The lowest BCUT2D eigenvalue weighted by Crippen LogP contribution is -2.54. The monoisotopic (exact) mass is 371 g/mol. The minimum Gasteiger partial charge on any atom is -0.381 e. The van der Waals surface area contributed by atoms with Gasteiger partial charge in [0.1, 0.15) is 11.4 Å². The zero-order valence-corrected chi connectivity index (χ0v) is 14.6. The van der Waals surface area contributed by atoms with E-state index in [0.29, 0.717) is 37.6 Å². The maximum absolute atomic E-state index is 13.2. The second kappa shape index (κ2) is 8.02. The molecule has 0 aliphatic carbocycles. The van der Waals surface area contributed by atoms with Crippen molar-refractivity contribution in [2.24, 2.45) is 5.73 Å². The minimum atomic E-state index is -0.896. The van der Waals surface area contributed by atoms with Crippen molar-refractivity contribution in [3.63, 3.8) is 0 Å². The van der Waals surface area contributed by atoms with Crippen molar-refractivity contribution in [3.05, 3.63) is 46.7 Å². The van der Waals surface area contributed by atoms with Crippen LogP contribution in [0.25, 0.3) is 0 Å². The molecule has 3 rings (SSSR count). The van der Waals surface area contributed by atoms with E-state index < -0.39 is 5.54 Å². The Bertz CT molecular complexity index is 704. The molecule has 1 aliphatic rings. The third-order valence-electron chi connectivity index (χ3n) is 3.88. The van der Waals surface area contributed by atoms with Gasteiger partial charge < -0.3 is 15.8 Å². The first-order valence-electron chi connectivity index (χ1n) is 7.42. The number of carbonyl (C=O) groups is 1. The second-order valence-corrected chi connectivity index (χ2v) is 6.78. The fourth-order valence-corrected chi connectivity index (χ4v) is 3.32. The van der Waals surface area contributed by atoms with Crippen molar-refractivity contribution < 1.29 is 13.9 Å². The van der Waals surface area contributed by atoms with Crippen molar-refractivity contribution in [2.45, 2.75) is 24.8 Å². The molecule has 2 heterocycles. The summed E-state index contributed by atoms with van der Waals surface area (Å²) in [4.78, 5) is 17.5. The molecule has 130 valence electrons. The first-order chi connectivity index (χ1) is 11.0. The Balaban J connectivity index is 0.00000208. The molecule has 2 aromatic rings. The van der Waals surface area contributed by atoms with Crippen LogP contribution >= 0.6 is 23.7 Å². The van der Waals surface area contributed by atoms with Crippen molar-refractivity contribution in [2.75, 3.05) is 18.5 Å². The summed E-state index contributed by atoms with van der Waals surface area (Å²) in [7, 11) is 0. The van der Waals surface area contributed by atoms with Gasteiger partial charge in [-0.1, -0.05) is 12.1 Å². The van der Waals surface area contributed by atoms with Crippen molar-refractivity contribution in [1.82, 2.24) is 4.98 Å². The third-order valence-corrected chi connectivity index (χ3v) is 4.79. The summed E-state index contributed by atoms with van der Waals surface area (Å²) in [6.07, 6.45) is 3.27. The topological polar surface area (TPSA) is 77.2 Å². The van der Waals surface area contributed by atoms with E-state index in [0.717, 1.165) is 10.4 Å². The molecule has 8 heteroatoms. The van der Waals surface area contributed by atoms with Gasteiger partial charge in [0.2, 0.25) is 5.91 Å². The molecule has 5 nitrogen and oxygen atoms in total. The van der Waals surface area contributed by atoms with Crippen molar-refractivity contribution in [3.8, 4) is 0 Å². The van der Waals surface area contributed by atoms with Gasteiger partial charge in [0.15, 0.2) is 5.13 Å². The van der Waals surface area contributed by atoms with Crippen molar-refractivity contribution in [1.29, 1.82) is 0 Å². The number of thiazole rings is 1. The number of amides is 1. The van der Waals surface area contributed by atoms with Gasteiger partial charge in [0.25, 0.3) is 0 Å². The van der Waals surface area contributed by atoms with E-state index in [1.165, 1.54) is 23.5 Å². The van der Waals surface area contributed by atoms with Gasteiger partial charge in [-0.05, 0) is 30.5 Å². The Labute approximate surface area is 149 Å². The van der Waals surface area contributed by atoms with Gasteiger partial charge in [-0.25, -0.2) is 9.37 Å². The summed E-state index contributed by atoms with van der Waals surface area (Å²) in [5.74, 6) is -0.488. The molecule has 24 heavy (non-hydrogen) atoms. The average molecular weight is 372 g/mol. The molecule has 0 atom stereocenters. The van der Waals surface area contributed by atoms with Crippen LogP contribution in [0.15, 0.2) is 30.5 Å². The standard InChI is InChI=1S/C16H18FN3O2S.ClH/c17-12-3-1-2-11(8-12)9-13-10-19-15(23-13)20-14(21)16(18)4-6-22-7-5-16;/h1-3,8,10H,4-7,9,18H2,(H,19,20,21);1H. The van der Waals surface area contributed by atoms with Crippen LogP contribution in [0.5, 0.6) is 0 Å². The Kier molecular flexibility index (Phi) is 6.28. The van der Waals surface area contributed by atoms with Crippen LogP contribution in [0, 0.1) is 5.82 Å². The predicted molar refractivity (Wildman–Crippen MR) is 94.2 cm³/mol. The van der Waals surface area contributed by atoms with Gasteiger partial charge in [-0.3, -0.25) is 4.79 Å². The third kappa shape index (κ3) is 4.51. The molecule has 1 aromatic carbocycles. The molecule has 1 aromatic heterocycles. The normalized spacial score (nSPS) is 16.2. The molecule has 1 amide bonds. The number of aromatic nitrogens is 1. The smallest absolute Gasteiger partial charge is 0.246 e. The van der Waals surface area contributed by atoms with E-state index in [1.807, 2.05) is 6.07 Å². The highest BCUT2D eigenvalue weighted by Crippen LogP contribution is 2.24. The number of carbonyl (C=O) groups excluding carboxylic acids is 1. The van der Waals surface area contributed by atoms with E-state index in [9.17, 15) is 9.18 Å². The number of rotatable bonds is 4. The van der Waals surface area contributed by atoms with Crippen LogP contribution in [-0.2, 0) is 16.0 Å². The number of halogens is 2. The lowest BCUT2D eigenvalue weighted by Gasteiger charge is -2.31. The summed E-state index contributed by atoms with van der Waals surface area (Å²) in [6, 6.07) is 6.45. The molecular weight excluding hydrogens is 353 g/mol. The highest BCUT2D eigenvalue weighted by atomic mass is 35.5. The molecule has 0 spiro atoms. The molecule has 0 saturated carbocycles. The summed E-state index contributed by atoms with van der Waals surface area (Å²) in [5, 5.41) is 3.30. The minimum absolute atomic E-state index is 0. The number of hydrogen-bond acceptors (Lipinski definition) is 5. The second-order valence-electron chi connectivity index (χ2n) is 5.66. The van der Waals surface area contributed by atoms with E-state index in [2.05, 4.69) is 10.3 Å². The Morgan fingerprint density at radius 3 is 2.88 bits per heavy atom. The van der Waals surface area contributed by atoms with Crippen LogP contribution in [-0.4, -0.2) is 29.6 Å². The maximum atomic E-state index is 13.2. The van der Waals surface area contributed by atoms with Gasteiger partial charge >= 0.3 is 0 Å². The fraction of sp³-hybridized carbons (Fsp3) is 0.375. The summed E-state index contributed by atoms with van der Waals surface area (Å²) in [5.41, 5.74) is 6.11. The average Bonchev–Trinajstić information content (AvgIpc) is 2.95. The number of nitrogens with zero attached hydrogens (tertiary/aromatic N) is 1. The lowest BCUT2D eigenvalue weighted by molar-refractivity contribution is -0.124. The van der Waals surface area contributed by atoms with Gasteiger partial charge in [-0.2, -0.15) is 0 Å². The SMILES string of the molecule is Cl.NC1(C(=O)Nc2ncc(Cc3cccc(F)c3)s2)CCOCC1. The molecule has 1 saturated heterocycles. The largest absolute Gasteiger partial charge is 0.381 e. The van der Waals surface area contributed by atoms with Crippen molar-refractivity contribution >= 4 is 34.8 Å². The van der Waals surface area contributed by atoms with Gasteiger partial charge in [-0.15, -0.1) is 23.7 Å².